The van der Waals surface area contributed by atoms with Gasteiger partial charge in [-0.15, -0.1) is 0 Å². The first-order chi connectivity index (χ1) is 5.81. The second-order valence-electron chi connectivity index (χ2n) is 2.16. The highest BCUT2D eigenvalue weighted by molar-refractivity contribution is 14.1. The summed E-state index contributed by atoms with van der Waals surface area (Å²) < 4.78 is 6.98. The number of ether oxygens (including phenoxy) is 1. The minimum absolute atomic E-state index is 0.0434. The lowest BCUT2D eigenvalue weighted by Crippen LogP contribution is -2.08. The van der Waals surface area contributed by atoms with E-state index in [1.54, 1.807) is 19.3 Å². The van der Waals surface area contributed by atoms with E-state index in [1.807, 2.05) is 22.3 Å². The third-order valence-corrected chi connectivity index (χ3v) is 1.47. The first-order valence-electron chi connectivity index (χ1n) is 3.66. The van der Waals surface area contributed by atoms with Gasteiger partial charge in [-0.3, -0.25) is 0 Å². The van der Waals surface area contributed by atoms with Crippen LogP contribution in [-0.4, -0.2) is 17.8 Å². The molecule has 0 fully saturated rings. The number of rotatable bonds is 5. The Labute approximate surface area is 86.8 Å². The van der Waals surface area contributed by atoms with Crippen molar-refractivity contribution in [1.82, 2.24) is 0 Å². The SMILES string of the molecule is C[C@H](CO)O/C=C/C=C\C=C\I. The summed E-state index contributed by atoms with van der Waals surface area (Å²) in [6, 6.07) is 0. The molecule has 2 nitrogen and oxygen atoms in total. The summed E-state index contributed by atoms with van der Waals surface area (Å²) in [7, 11) is 0. The molecule has 68 valence electrons. The smallest absolute Gasteiger partial charge is 0.118 e. The standard InChI is InChI=1S/C9H13IO2/c1-9(8-11)12-7-5-3-2-4-6-10/h2-7,9,11H,8H2,1H3/b3-2-,6-4+,7-5+/t9-/m1/s1. The lowest BCUT2D eigenvalue weighted by atomic mass is 10.4. The molecule has 0 amide bonds. The lowest BCUT2D eigenvalue weighted by Gasteiger charge is -2.05. The van der Waals surface area contributed by atoms with Gasteiger partial charge in [0, 0.05) is 0 Å². The van der Waals surface area contributed by atoms with Crippen molar-refractivity contribution in [3.63, 3.8) is 0 Å². The van der Waals surface area contributed by atoms with Crippen molar-refractivity contribution in [3.05, 3.63) is 34.6 Å². The first-order valence-corrected chi connectivity index (χ1v) is 4.90. The zero-order valence-corrected chi connectivity index (χ0v) is 9.14. The molecule has 0 aromatic rings. The monoisotopic (exact) mass is 280 g/mol. The van der Waals surface area contributed by atoms with E-state index < -0.39 is 0 Å². The molecular formula is C9H13IO2. The van der Waals surface area contributed by atoms with Gasteiger partial charge in [0.2, 0.25) is 0 Å². The molecule has 3 heteroatoms. The average Bonchev–Trinajstić information content (AvgIpc) is 2.10. The molecule has 12 heavy (non-hydrogen) atoms. The molecule has 0 aliphatic heterocycles. The van der Waals surface area contributed by atoms with Gasteiger partial charge in [-0.05, 0) is 17.1 Å². The third kappa shape index (κ3) is 7.81. The largest absolute Gasteiger partial charge is 0.496 e. The number of aliphatic hydroxyl groups excluding tert-OH is 1. The molecule has 0 aliphatic rings. The molecule has 0 saturated carbocycles. The van der Waals surface area contributed by atoms with E-state index in [4.69, 9.17) is 9.84 Å². The topological polar surface area (TPSA) is 29.5 Å². The van der Waals surface area contributed by atoms with Gasteiger partial charge >= 0.3 is 0 Å². The quantitative estimate of drug-likeness (QED) is 0.476. The zero-order chi connectivity index (χ0) is 9.23. The van der Waals surface area contributed by atoms with Gasteiger partial charge < -0.3 is 9.84 Å². The molecule has 0 bridgehead atoms. The molecule has 1 atom stereocenters. The highest BCUT2D eigenvalue weighted by atomic mass is 127. The van der Waals surface area contributed by atoms with Crippen molar-refractivity contribution >= 4 is 22.6 Å². The van der Waals surface area contributed by atoms with E-state index in [9.17, 15) is 0 Å². The minimum Gasteiger partial charge on any atom is -0.496 e. The van der Waals surface area contributed by atoms with Crippen LogP contribution < -0.4 is 0 Å². The molecule has 0 aromatic carbocycles. The summed E-state index contributed by atoms with van der Waals surface area (Å²) >= 11 is 2.14. The summed E-state index contributed by atoms with van der Waals surface area (Å²) in [5.41, 5.74) is 0. The number of aliphatic hydroxyl groups is 1. The summed E-state index contributed by atoms with van der Waals surface area (Å²) in [5.74, 6) is 0. The summed E-state index contributed by atoms with van der Waals surface area (Å²) in [6.07, 6.45) is 8.89. The second kappa shape index (κ2) is 8.80. The van der Waals surface area contributed by atoms with Crippen molar-refractivity contribution in [3.8, 4) is 0 Å². The number of halogens is 1. The van der Waals surface area contributed by atoms with Crippen molar-refractivity contribution in [2.24, 2.45) is 0 Å². The van der Waals surface area contributed by atoms with E-state index in [-0.39, 0.29) is 12.7 Å². The number of hydrogen-bond donors (Lipinski definition) is 1. The maximum absolute atomic E-state index is 8.59. The van der Waals surface area contributed by atoms with Crippen molar-refractivity contribution in [2.45, 2.75) is 13.0 Å². The van der Waals surface area contributed by atoms with Crippen molar-refractivity contribution in [2.75, 3.05) is 6.61 Å². The molecule has 0 heterocycles. The van der Waals surface area contributed by atoms with Gasteiger partial charge in [0.1, 0.15) is 6.10 Å². The molecule has 1 N–H and O–H groups in total. The summed E-state index contributed by atoms with van der Waals surface area (Å²) in [5, 5.41) is 8.59. The predicted molar refractivity (Wildman–Crippen MR) is 59.1 cm³/mol. The second-order valence-corrected chi connectivity index (χ2v) is 2.88. The normalized spacial score (nSPS) is 14.9. The van der Waals surface area contributed by atoms with E-state index in [0.29, 0.717) is 0 Å². The van der Waals surface area contributed by atoms with Crippen LogP contribution in [0.1, 0.15) is 6.92 Å². The number of hydrogen-bond acceptors (Lipinski definition) is 2. The van der Waals surface area contributed by atoms with Crippen LogP contribution in [0.2, 0.25) is 0 Å². The third-order valence-electron chi connectivity index (χ3n) is 1.05. The van der Waals surface area contributed by atoms with E-state index in [0.717, 1.165) is 0 Å². The van der Waals surface area contributed by atoms with Crippen LogP contribution in [0.25, 0.3) is 0 Å². The van der Waals surface area contributed by atoms with Crippen LogP contribution in [0.5, 0.6) is 0 Å². The fourth-order valence-corrected chi connectivity index (χ4v) is 0.678. The Morgan fingerprint density at radius 3 is 2.58 bits per heavy atom. The van der Waals surface area contributed by atoms with E-state index in [2.05, 4.69) is 22.6 Å². The van der Waals surface area contributed by atoms with Gasteiger partial charge in [0.05, 0.1) is 12.9 Å². The Morgan fingerprint density at radius 1 is 1.33 bits per heavy atom. The Morgan fingerprint density at radius 2 is 2.00 bits per heavy atom. The zero-order valence-electron chi connectivity index (χ0n) is 6.98. The molecule has 0 aromatic heterocycles. The molecule has 0 unspecified atom stereocenters. The molecular weight excluding hydrogens is 267 g/mol. The molecule has 0 spiro atoms. The van der Waals surface area contributed by atoms with Gasteiger partial charge in [-0.25, -0.2) is 0 Å². The lowest BCUT2D eigenvalue weighted by molar-refractivity contribution is 0.0916. The van der Waals surface area contributed by atoms with Crippen LogP contribution in [0.15, 0.2) is 34.6 Å². The Balaban J connectivity index is 3.49. The Bertz CT molecular complexity index is 173. The number of allylic oxidation sites excluding steroid dienone is 4. The van der Waals surface area contributed by atoms with Crippen LogP contribution in [0.3, 0.4) is 0 Å². The minimum atomic E-state index is -0.130. The predicted octanol–water partition coefficient (Wildman–Crippen LogP) is 2.40. The molecule has 0 radical (unpaired) electrons. The summed E-state index contributed by atoms with van der Waals surface area (Å²) in [4.78, 5) is 0. The molecule has 0 rings (SSSR count). The van der Waals surface area contributed by atoms with Crippen LogP contribution in [0.4, 0.5) is 0 Å². The maximum atomic E-state index is 8.59. The van der Waals surface area contributed by atoms with Crippen LogP contribution in [-0.2, 0) is 4.74 Å². The maximum Gasteiger partial charge on any atom is 0.118 e. The fraction of sp³-hybridized carbons (Fsp3) is 0.333. The Hall–Kier alpha value is -0.290. The van der Waals surface area contributed by atoms with Gasteiger partial charge in [0.25, 0.3) is 0 Å². The van der Waals surface area contributed by atoms with Gasteiger partial charge in [0.15, 0.2) is 0 Å². The van der Waals surface area contributed by atoms with E-state index in [1.165, 1.54) is 0 Å². The van der Waals surface area contributed by atoms with Gasteiger partial charge in [-0.1, -0.05) is 40.8 Å². The molecule has 0 saturated heterocycles. The van der Waals surface area contributed by atoms with Crippen LogP contribution >= 0.6 is 22.6 Å². The first kappa shape index (κ1) is 11.7. The van der Waals surface area contributed by atoms with Crippen molar-refractivity contribution in [1.29, 1.82) is 0 Å². The van der Waals surface area contributed by atoms with E-state index >= 15 is 0 Å². The highest BCUT2D eigenvalue weighted by Crippen LogP contribution is 1.90. The highest BCUT2D eigenvalue weighted by Gasteiger charge is 1.92. The average molecular weight is 280 g/mol. The molecule has 0 aliphatic carbocycles. The van der Waals surface area contributed by atoms with Crippen LogP contribution in [0, 0.1) is 0 Å². The summed E-state index contributed by atoms with van der Waals surface area (Å²) in [6.45, 7) is 1.85. The fourth-order valence-electron chi connectivity index (χ4n) is 0.438. The van der Waals surface area contributed by atoms with Gasteiger partial charge in [-0.2, -0.15) is 0 Å². The van der Waals surface area contributed by atoms with Crippen molar-refractivity contribution < 1.29 is 9.84 Å². The Kier molecular flexibility index (Phi) is 8.59.